The Balaban J connectivity index is 1.63. The Morgan fingerprint density at radius 3 is 2.37 bits per heavy atom. The zero-order valence-electron chi connectivity index (χ0n) is 15.8. The van der Waals surface area contributed by atoms with Gasteiger partial charge in [0.2, 0.25) is 15.9 Å². The molecule has 0 saturated carbocycles. The molecule has 0 aromatic heterocycles. The highest BCUT2D eigenvalue weighted by Gasteiger charge is 2.43. The minimum absolute atomic E-state index is 0.0796. The van der Waals surface area contributed by atoms with E-state index in [0.717, 1.165) is 5.56 Å². The SMILES string of the molecule is CC1NNC(C)C1S(=O)(=O)N1CCCN(C(=O)/C=C/c2ccccc2)CC1. The summed E-state index contributed by atoms with van der Waals surface area (Å²) >= 11 is 0. The fourth-order valence-corrected chi connectivity index (χ4v) is 5.99. The van der Waals surface area contributed by atoms with E-state index < -0.39 is 15.3 Å². The first-order valence-electron chi connectivity index (χ1n) is 9.41. The quantitative estimate of drug-likeness (QED) is 0.742. The molecule has 2 fully saturated rings. The van der Waals surface area contributed by atoms with Crippen molar-refractivity contribution in [3.63, 3.8) is 0 Å². The molecule has 2 atom stereocenters. The number of nitrogens with one attached hydrogen (secondary N) is 2. The minimum atomic E-state index is -3.44. The van der Waals surface area contributed by atoms with Crippen LogP contribution >= 0.6 is 0 Å². The Morgan fingerprint density at radius 1 is 1.04 bits per heavy atom. The molecule has 148 valence electrons. The van der Waals surface area contributed by atoms with Crippen LogP contribution in [0.5, 0.6) is 0 Å². The van der Waals surface area contributed by atoms with E-state index in [4.69, 9.17) is 0 Å². The zero-order chi connectivity index (χ0) is 19.4. The number of hydrazine groups is 1. The number of sulfonamides is 1. The summed E-state index contributed by atoms with van der Waals surface area (Å²) in [5.41, 5.74) is 6.99. The Hall–Kier alpha value is -1.74. The molecule has 0 spiro atoms. The molecule has 27 heavy (non-hydrogen) atoms. The molecule has 2 aliphatic heterocycles. The lowest BCUT2D eigenvalue weighted by atomic mass is 10.2. The molecule has 0 aliphatic carbocycles. The van der Waals surface area contributed by atoms with Crippen LogP contribution in [0.4, 0.5) is 0 Å². The monoisotopic (exact) mass is 392 g/mol. The standard InChI is InChI=1S/C19H28N4O3S/c1-15-19(16(2)21-20-15)27(25,26)23-12-6-11-22(13-14-23)18(24)10-9-17-7-4-3-5-8-17/h3-5,7-10,15-16,19-21H,6,11-14H2,1-2H3/b10-9+. The maximum Gasteiger partial charge on any atom is 0.246 e. The van der Waals surface area contributed by atoms with Gasteiger partial charge in [-0.2, -0.15) is 4.31 Å². The highest BCUT2D eigenvalue weighted by molar-refractivity contribution is 7.89. The average Bonchev–Trinajstić information content (AvgIpc) is 2.86. The van der Waals surface area contributed by atoms with E-state index in [1.165, 1.54) is 0 Å². The lowest BCUT2D eigenvalue weighted by Gasteiger charge is -2.27. The molecule has 2 saturated heterocycles. The van der Waals surface area contributed by atoms with Crippen molar-refractivity contribution in [1.29, 1.82) is 0 Å². The average molecular weight is 393 g/mol. The first-order chi connectivity index (χ1) is 12.9. The van der Waals surface area contributed by atoms with Gasteiger partial charge in [0.15, 0.2) is 0 Å². The van der Waals surface area contributed by atoms with Gasteiger partial charge in [-0.05, 0) is 31.9 Å². The van der Waals surface area contributed by atoms with Crippen LogP contribution in [0.25, 0.3) is 6.08 Å². The van der Waals surface area contributed by atoms with Crippen molar-refractivity contribution in [2.45, 2.75) is 37.6 Å². The van der Waals surface area contributed by atoms with Gasteiger partial charge >= 0.3 is 0 Å². The molecule has 7 nitrogen and oxygen atoms in total. The summed E-state index contributed by atoms with van der Waals surface area (Å²) in [5, 5.41) is -0.502. The van der Waals surface area contributed by atoms with Crippen molar-refractivity contribution >= 4 is 22.0 Å². The van der Waals surface area contributed by atoms with Gasteiger partial charge in [-0.1, -0.05) is 30.3 Å². The van der Waals surface area contributed by atoms with E-state index in [9.17, 15) is 13.2 Å². The molecule has 8 heteroatoms. The van der Waals surface area contributed by atoms with Crippen molar-refractivity contribution in [3.05, 3.63) is 42.0 Å². The number of rotatable bonds is 4. The molecule has 1 aromatic carbocycles. The summed E-state index contributed by atoms with van der Waals surface area (Å²) in [6, 6.07) is 9.35. The van der Waals surface area contributed by atoms with E-state index in [1.807, 2.05) is 44.2 Å². The smallest absolute Gasteiger partial charge is 0.246 e. The van der Waals surface area contributed by atoms with E-state index in [0.29, 0.717) is 32.6 Å². The normalized spacial score (nSPS) is 27.8. The molecule has 1 aromatic rings. The second-order valence-corrected chi connectivity index (χ2v) is 9.29. The lowest BCUT2D eigenvalue weighted by Crippen LogP contribution is -2.48. The predicted octanol–water partition coefficient (Wildman–Crippen LogP) is 0.817. The first-order valence-corrected chi connectivity index (χ1v) is 10.9. The van der Waals surface area contributed by atoms with E-state index in [2.05, 4.69) is 10.9 Å². The number of hydrogen-bond acceptors (Lipinski definition) is 5. The van der Waals surface area contributed by atoms with E-state index in [1.54, 1.807) is 21.4 Å². The van der Waals surface area contributed by atoms with Crippen LogP contribution in [0.1, 0.15) is 25.8 Å². The van der Waals surface area contributed by atoms with Crippen LogP contribution < -0.4 is 10.9 Å². The maximum atomic E-state index is 13.1. The Bertz CT molecular complexity index is 771. The van der Waals surface area contributed by atoms with Gasteiger partial charge in [0, 0.05) is 44.3 Å². The molecular weight excluding hydrogens is 364 g/mol. The van der Waals surface area contributed by atoms with Gasteiger partial charge in [0.1, 0.15) is 5.25 Å². The molecule has 2 N–H and O–H groups in total. The molecule has 1 amide bonds. The van der Waals surface area contributed by atoms with Gasteiger partial charge in [-0.25, -0.2) is 8.42 Å². The second kappa shape index (κ2) is 8.52. The largest absolute Gasteiger partial charge is 0.338 e. The van der Waals surface area contributed by atoms with E-state index in [-0.39, 0.29) is 18.0 Å². The fraction of sp³-hybridized carbons (Fsp3) is 0.526. The van der Waals surface area contributed by atoms with Crippen LogP contribution in [0.3, 0.4) is 0 Å². The van der Waals surface area contributed by atoms with Crippen molar-refractivity contribution in [3.8, 4) is 0 Å². The van der Waals surface area contributed by atoms with Gasteiger partial charge in [0.25, 0.3) is 0 Å². The summed E-state index contributed by atoms with van der Waals surface area (Å²) in [4.78, 5) is 14.2. The molecule has 3 rings (SSSR count). The number of carbonyl (C=O) groups excluding carboxylic acids is 1. The molecule has 2 heterocycles. The van der Waals surface area contributed by atoms with Gasteiger partial charge in [-0.15, -0.1) is 0 Å². The predicted molar refractivity (Wildman–Crippen MR) is 106 cm³/mol. The highest BCUT2D eigenvalue weighted by atomic mass is 32.2. The summed E-state index contributed by atoms with van der Waals surface area (Å²) in [5.74, 6) is -0.0796. The number of benzene rings is 1. The van der Waals surface area contributed by atoms with Crippen LogP contribution in [0.2, 0.25) is 0 Å². The Morgan fingerprint density at radius 2 is 1.70 bits per heavy atom. The zero-order valence-corrected chi connectivity index (χ0v) is 16.7. The van der Waals surface area contributed by atoms with Crippen molar-refractivity contribution in [2.75, 3.05) is 26.2 Å². The number of nitrogens with zero attached hydrogens (tertiary/aromatic N) is 2. The lowest BCUT2D eigenvalue weighted by molar-refractivity contribution is -0.125. The molecular formula is C19H28N4O3S. The van der Waals surface area contributed by atoms with Crippen molar-refractivity contribution in [2.24, 2.45) is 0 Å². The van der Waals surface area contributed by atoms with Gasteiger partial charge in [0.05, 0.1) is 0 Å². The van der Waals surface area contributed by atoms with Crippen LogP contribution in [0.15, 0.2) is 36.4 Å². The highest BCUT2D eigenvalue weighted by Crippen LogP contribution is 2.21. The number of hydrogen-bond donors (Lipinski definition) is 2. The third-order valence-electron chi connectivity index (χ3n) is 5.21. The minimum Gasteiger partial charge on any atom is -0.338 e. The van der Waals surface area contributed by atoms with Gasteiger partial charge in [-0.3, -0.25) is 15.6 Å². The fourth-order valence-electron chi connectivity index (χ4n) is 3.75. The number of amides is 1. The summed E-state index contributed by atoms with van der Waals surface area (Å²) in [6.45, 7) is 5.51. The third-order valence-corrected chi connectivity index (χ3v) is 7.80. The second-order valence-electron chi connectivity index (χ2n) is 7.20. The van der Waals surface area contributed by atoms with Crippen molar-refractivity contribution in [1.82, 2.24) is 20.1 Å². The Kier molecular flexibility index (Phi) is 6.31. The summed E-state index contributed by atoms with van der Waals surface area (Å²) in [6.07, 6.45) is 4.00. The maximum absolute atomic E-state index is 13.1. The first kappa shape index (κ1) is 20.0. The molecule has 2 unspecified atom stereocenters. The number of carbonyl (C=O) groups is 1. The molecule has 2 aliphatic rings. The van der Waals surface area contributed by atoms with Gasteiger partial charge < -0.3 is 4.90 Å². The summed E-state index contributed by atoms with van der Waals surface area (Å²) in [7, 11) is -3.44. The van der Waals surface area contributed by atoms with Crippen LogP contribution in [0, 0.1) is 0 Å². The summed E-state index contributed by atoms with van der Waals surface area (Å²) < 4.78 is 27.7. The van der Waals surface area contributed by atoms with Crippen LogP contribution in [-0.2, 0) is 14.8 Å². The topological polar surface area (TPSA) is 81.8 Å². The third kappa shape index (κ3) is 4.57. The van der Waals surface area contributed by atoms with E-state index >= 15 is 0 Å². The van der Waals surface area contributed by atoms with Crippen molar-refractivity contribution < 1.29 is 13.2 Å². The van der Waals surface area contributed by atoms with Crippen LogP contribution in [-0.4, -0.2) is 67.0 Å². The molecule has 0 bridgehead atoms. The Labute approximate surface area is 161 Å². The molecule has 0 radical (unpaired) electrons.